The minimum atomic E-state index is -2.83. The van der Waals surface area contributed by atoms with Crippen molar-refractivity contribution >= 4 is 11.6 Å². The average Bonchev–Trinajstić information content (AvgIpc) is 2.77. The molecular weight excluding hydrogens is 276 g/mol. The van der Waals surface area contributed by atoms with Crippen LogP contribution in [-0.4, -0.2) is 19.1 Å². The van der Waals surface area contributed by atoms with E-state index in [1.54, 1.807) is 18.2 Å². The molecule has 3 nitrogen and oxygen atoms in total. The van der Waals surface area contributed by atoms with Gasteiger partial charge in [-0.05, 0) is 23.8 Å². The smallest absolute Gasteiger partial charge is 0.268 e. The van der Waals surface area contributed by atoms with Crippen LogP contribution < -0.4 is 5.48 Å². The molecule has 0 radical (unpaired) electrons. The Balaban J connectivity index is 1.88. The van der Waals surface area contributed by atoms with Gasteiger partial charge in [-0.2, -0.15) is 0 Å². The summed E-state index contributed by atoms with van der Waals surface area (Å²) in [6, 6.07) is 7.16. The van der Waals surface area contributed by atoms with Crippen molar-refractivity contribution in [3.05, 3.63) is 46.7 Å². The molecule has 1 aromatic rings. The molecule has 1 aromatic carbocycles. The van der Waals surface area contributed by atoms with Gasteiger partial charge in [0.15, 0.2) is 0 Å². The van der Waals surface area contributed by atoms with E-state index in [0.29, 0.717) is 10.8 Å². The summed E-state index contributed by atoms with van der Waals surface area (Å²) >= 11 is 5.80. The molecule has 1 N–H and O–H groups in total. The molecule has 1 aliphatic heterocycles. The molecule has 1 atom stereocenters. The predicted octanol–water partition coefficient (Wildman–Crippen LogP) is 3.47. The van der Waals surface area contributed by atoms with Crippen molar-refractivity contribution in [2.45, 2.75) is 18.9 Å². The number of ether oxygens (including phenoxy) is 1. The normalized spacial score (nSPS) is 19.2. The topological polar surface area (TPSA) is 30.5 Å². The molecule has 0 aromatic heterocycles. The van der Waals surface area contributed by atoms with Gasteiger partial charge in [-0.15, -0.1) is 5.48 Å². The summed E-state index contributed by atoms with van der Waals surface area (Å²) in [6.07, 6.45) is 1.79. The molecule has 0 spiro atoms. The first kappa shape index (κ1) is 14.2. The fourth-order valence-electron chi connectivity index (χ4n) is 1.64. The highest BCUT2D eigenvalue weighted by atomic mass is 35.5. The maximum absolute atomic E-state index is 12.6. The summed E-state index contributed by atoms with van der Waals surface area (Å²) in [5.74, 6) is -2.34. The Morgan fingerprint density at radius 2 is 2.05 bits per heavy atom. The fourth-order valence-corrected chi connectivity index (χ4v) is 1.76. The van der Waals surface area contributed by atoms with Crippen LogP contribution in [0.2, 0.25) is 5.02 Å². The number of alkyl halides is 2. The number of rotatable bonds is 5. The molecule has 0 bridgehead atoms. The molecule has 104 valence electrons. The summed E-state index contributed by atoms with van der Waals surface area (Å²) < 4.78 is 30.0. The molecule has 0 aliphatic carbocycles. The van der Waals surface area contributed by atoms with Crippen LogP contribution in [0, 0.1) is 0 Å². The second-order valence-electron chi connectivity index (χ2n) is 4.45. The van der Waals surface area contributed by atoms with Gasteiger partial charge in [-0.3, -0.25) is 0 Å². The summed E-state index contributed by atoms with van der Waals surface area (Å²) in [5, 5.41) is 0.653. The Kier molecular flexibility index (Phi) is 4.39. The van der Waals surface area contributed by atoms with Crippen LogP contribution >= 0.6 is 11.6 Å². The van der Waals surface area contributed by atoms with Crippen molar-refractivity contribution in [2.24, 2.45) is 0 Å². The van der Waals surface area contributed by atoms with Crippen LogP contribution in [0.4, 0.5) is 8.78 Å². The Bertz CT molecular complexity index is 457. The van der Waals surface area contributed by atoms with Gasteiger partial charge in [0.1, 0.15) is 19.0 Å². The van der Waals surface area contributed by atoms with Crippen LogP contribution in [0.3, 0.4) is 0 Å². The van der Waals surface area contributed by atoms with Crippen molar-refractivity contribution in [3.63, 3.8) is 0 Å². The predicted molar refractivity (Wildman–Crippen MR) is 67.9 cm³/mol. The lowest BCUT2D eigenvalue weighted by molar-refractivity contribution is -0.0651. The lowest BCUT2D eigenvalue weighted by Gasteiger charge is -2.10. The third-order valence-electron chi connectivity index (χ3n) is 2.50. The number of hydrogen-bond acceptors (Lipinski definition) is 3. The first-order valence-electron chi connectivity index (χ1n) is 5.78. The second kappa shape index (κ2) is 5.86. The zero-order valence-electron chi connectivity index (χ0n) is 10.3. The Labute approximate surface area is 115 Å². The Morgan fingerprint density at radius 1 is 1.37 bits per heavy atom. The zero-order chi connectivity index (χ0) is 13.9. The lowest BCUT2D eigenvalue weighted by atomic mass is 10.1. The quantitative estimate of drug-likeness (QED) is 0.900. The van der Waals surface area contributed by atoms with E-state index in [0.717, 1.165) is 12.5 Å². The third kappa shape index (κ3) is 4.45. The summed E-state index contributed by atoms with van der Waals surface area (Å²) in [6.45, 7) is 0.200. The molecule has 19 heavy (non-hydrogen) atoms. The standard InChI is InChI=1S/C13H14ClF2NO2/c1-13(15,16)8-18-7-11-6-12(17-19-11)9-2-4-10(14)5-3-9/h2-6,12,17H,7-8H2,1H3. The van der Waals surface area contributed by atoms with Crippen molar-refractivity contribution in [2.75, 3.05) is 13.2 Å². The molecular formula is C13H14ClF2NO2. The molecule has 0 saturated heterocycles. The van der Waals surface area contributed by atoms with Gasteiger partial charge in [0.2, 0.25) is 0 Å². The zero-order valence-corrected chi connectivity index (χ0v) is 11.1. The van der Waals surface area contributed by atoms with E-state index in [2.05, 4.69) is 5.48 Å². The molecule has 2 rings (SSSR count). The summed E-state index contributed by atoms with van der Waals surface area (Å²) in [7, 11) is 0. The molecule has 1 unspecified atom stereocenters. The van der Waals surface area contributed by atoms with E-state index in [9.17, 15) is 8.78 Å². The Morgan fingerprint density at radius 3 is 2.68 bits per heavy atom. The second-order valence-corrected chi connectivity index (χ2v) is 4.88. The van der Waals surface area contributed by atoms with E-state index in [-0.39, 0.29) is 12.6 Å². The first-order chi connectivity index (χ1) is 8.94. The minimum Gasteiger partial charge on any atom is -0.410 e. The van der Waals surface area contributed by atoms with E-state index in [1.165, 1.54) is 0 Å². The largest absolute Gasteiger partial charge is 0.410 e. The van der Waals surface area contributed by atoms with Crippen molar-refractivity contribution in [1.29, 1.82) is 0 Å². The number of benzene rings is 1. The Hall–Kier alpha value is -1.17. The van der Waals surface area contributed by atoms with Gasteiger partial charge in [0.25, 0.3) is 5.92 Å². The molecule has 0 fully saturated rings. The van der Waals surface area contributed by atoms with E-state index >= 15 is 0 Å². The highest BCUT2D eigenvalue weighted by Crippen LogP contribution is 2.24. The number of nitrogens with one attached hydrogen (secondary N) is 1. The average molecular weight is 290 g/mol. The molecule has 1 aliphatic rings. The summed E-state index contributed by atoms with van der Waals surface area (Å²) in [5.41, 5.74) is 3.76. The van der Waals surface area contributed by atoms with Gasteiger partial charge < -0.3 is 9.57 Å². The SMILES string of the molecule is CC(F)(F)COCC1=CC(c2ccc(Cl)cc2)NO1. The van der Waals surface area contributed by atoms with Crippen molar-refractivity contribution in [1.82, 2.24) is 5.48 Å². The lowest BCUT2D eigenvalue weighted by Crippen LogP contribution is -2.20. The van der Waals surface area contributed by atoms with Crippen molar-refractivity contribution < 1.29 is 18.4 Å². The molecule has 0 amide bonds. The maximum Gasteiger partial charge on any atom is 0.268 e. The first-order valence-corrected chi connectivity index (χ1v) is 6.16. The summed E-state index contributed by atoms with van der Waals surface area (Å²) in [4.78, 5) is 5.17. The maximum atomic E-state index is 12.6. The number of hydroxylamine groups is 1. The van der Waals surface area contributed by atoms with Gasteiger partial charge >= 0.3 is 0 Å². The highest BCUT2D eigenvalue weighted by Gasteiger charge is 2.23. The van der Waals surface area contributed by atoms with Gasteiger partial charge in [0.05, 0.1) is 6.04 Å². The van der Waals surface area contributed by atoms with E-state index < -0.39 is 12.5 Å². The van der Waals surface area contributed by atoms with Crippen LogP contribution in [0.5, 0.6) is 0 Å². The van der Waals surface area contributed by atoms with Gasteiger partial charge in [0, 0.05) is 11.9 Å². The molecule has 1 heterocycles. The molecule has 6 heteroatoms. The van der Waals surface area contributed by atoms with E-state index in [1.807, 2.05) is 12.1 Å². The van der Waals surface area contributed by atoms with Gasteiger partial charge in [-0.25, -0.2) is 8.78 Å². The van der Waals surface area contributed by atoms with Crippen LogP contribution in [0.25, 0.3) is 0 Å². The minimum absolute atomic E-state index is 0.0144. The van der Waals surface area contributed by atoms with Gasteiger partial charge in [-0.1, -0.05) is 23.7 Å². The molecule has 0 saturated carbocycles. The van der Waals surface area contributed by atoms with Crippen LogP contribution in [0.1, 0.15) is 18.5 Å². The number of hydrogen-bond donors (Lipinski definition) is 1. The number of halogens is 3. The van der Waals surface area contributed by atoms with Crippen LogP contribution in [0.15, 0.2) is 36.1 Å². The van der Waals surface area contributed by atoms with Crippen LogP contribution in [-0.2, 0) is 9.57 Å². The third-order valence-corrected chi connectivity index (χ3v) is 2.75. The van der Waals surface area contributed by atoms with Crippen molar-refractivity contribution in [3.8, 4) is 0 Å². The highest BCUT2D eigenvalue weighted by molar-refractivity contribution is 6.30. The fraction of sp³-hybridized carbons (Fsp3) is 0.385. The monoisotopic (exact) mass is 289 g/mol. The van der Waals surface area contributed by atoms with E-state index in [4.69, 9.17) is 21.2 Å².